The van der Waals surface area contributed by atoms with Crippen molar-refractivity contribution in [1.29, 1.82) is 0 Å². The zero-order valence-electron chi connectivity index (χ0n) is 13.7. The lowest BCUT2D eigenvalue weighted by Gasteiger charge is -2.11. The number of carbonyl (C=O) groups is 2. The highest BCUT2D eigenvalue weighted by atomic mass is 35.5. The van der Waals surface area contributed by atoms with Crippen molar-refractivity contribution in [2.75, 3.05) is 13.2 Å². The third kappa shape index (κ3) is 4.94. The van der Waals surface area contributed by atoms with Gasteiger partial charge in [0.05, 0.1) is 15.0 Å². The lowest BCUT2D eigenvalue weighted by Crippen LogP contribution is -2.29. The number of ether oxygens (including phenoxy) is 1. The van der Waals surface area contributed by atoms with Crippen molar-refractivity contribution in [2.24, 2.45) is 0 Å². The fraction of sp³-hybridized carbons (Fsp3) is 0.333. The Hall–Kier alpha value is -1.61. The molecule has 1 heterocycles. The van der Waals surface area contributed by atoms with Gasteiger partial charge in [0.1, 0.15) is 6.61 Å². The summed E-state index contributed by atoms with van der Waals surface area (Å²) < 4.78 is 5.30. The Morgan fingerprint density at radius 1 is 1.28 bits per heavy atom. The van der Waals surface area contributed by atoms with Crippen LogP contribution in [-0.2, 0) is 4.79 Å². The van der Waals surface area contributed by atoms with Crippen LogP contribution in [0.1, 0.15) is 31.7 Å². The molecular weight excluding hydrogens is 381 g/mol. The summed E-state index contributed by atoms with van der Waals surface area (Å²) in [6, 6.07) is 3.23. The molecule has 0 N–H and O–H groups in total. The van der Waals surface area contributed by atoms with Crippen molar-refractivity contribution in [3.8, 4) is 18.1 Å². The molecule has 0 radical (unpaired) electrons. The molecule has 7 heteroatoms. The van der Waals surface area contributed by atoms with Crippen LogP contribution in [0.4, 0.5) is 4.79 Å². The maximum Gasteiger partial charge on any atom is 0.293 e. The molecule has 4 nitrogen and oxygen atoms in total. The molecule has 2 amide bonds. The Bertz CT molecular complexity index is 732. The molecule has 0 bridgehead atoms. The fourth-order valence-electron chi connectivity index (χ4n) is 2.28. The lowest BCUT2D eigenvalue weighted by molar-refractivity contribution is -0.122. The highest BCUT2D eigenvalue weighted by Gasteiger charge is 2.34. The first-order valence-electron chi connectivity index (χ1n) is 7.78. The van der Waals surface area contributed by atoms with E-state index in [9.17, 15) is 9.59 Å². The zero-order valence-corrected chi connectivity index (χ0v) is 16.0. The van der Waals surface area contributed by atoms with Gasteiger partial charge >= 0.3 is 0 Å². The average Bonchev–Trinajstić information content (AvgIpc) is 2.82. The number of hydrogen-bond donors (Lipinski definition) is 0. The van der Waals surface area contributed by atoms with E-state index in [0.717, 1.165) is 31.0 Å². The van der Waals surface area contributed by atoms with E-state index in [1.165, 1.54) is 4.90 Å². The van der Waals surface area contributed by atoms with E-state index in [2.05, 4.69) is 12.8 Å². The number of halogens is 2. The van der Waals surface area contributed by atoms with Gasteiger partial charge in [-0.3, -0.25) is 14.5 Å². The SMILES string of the molecule is C#CCOc1c(Cl)cc(/C=C2\SC(=O)N(CCCCC)C2=O)cc1Cl. The number of rotatable bonds is 7. The summed E-state index contributed by atoms with van der Waals surface area (Å²) >= 11 is 13.2. The van der Waals surface area contributed by atoms with Crippen LogP contribution in [0, 0.1) is 12.3 Å². The Balaban J connectivity index is 2.19. The fourth-order valence-corrected chi connectivity index (χ4v) is 3.76. The minimum Gasteiger partial charge on any atom is -0.478 e. The van der Waals surface area contributed by atoms with Gasteiger partial charge in [0, 0.05) is 6.54 Å². The van der Waals surface area contributed by atoms with E-state index >= 15 is 0 Å². The summed E-state index contributed by atoms with van der Waals surface area (Å²) in [6.45, 7) is 2.56. The maximum atomic E-state index is 12.4. The molecule has 0 unspecified atom stereocenters. The van der Waals surface area contributed by atoms with Gasteiger partial charge in [0.2, 0.25) is 0 Å². The third-order valence-corrected chi connectivity index (χ3v) is 4.95. The van der Waals surface area contributed by atoms with E-state index < -0.39 is 0 Å². The molecule has 0 aliphatic carbocycles. The van der Waals surface area contributed by atoms with Crippen LogP contribution in [0.15, 0.2) is 17.0 Å². The quantitative estimate of drug-likeness (QED) is 0.358. The molecule has 0 spiro atoms. The number of imide groups is 1. The van der Waals surface area contributed by atoms with Crippen molar-refractivity contribution in [3.05, 3.63) is 32.6 Å². The standard InChI is InChI=1S/C18H17Cl2NO3S/c1-3-5-6-7-21-17(22)15(25-18(21)23)11-12-9-13(19)16(14(20)10-12)24-8-4-2/h2,9-11H,3,5-8H2,1H3/b15-11-. The third-order valence-electron chi connectivity index (χ3n) is 3.48. The maximum absolute atomic E-state index is 12.4. The van der Waals surface area contributed by atoms with Gasteiger partial charge in [0.25, 0.3) is 11.1 Å². The predicted molar refractivity (Wildman–Crippen MR) is 103 cm³/mol. The highest BCUT2D eigenvalue weighted by molar-refractivity contribution is 8.18. The van der Waals surface area contributed by atoms with Crippen LogP contribution in [0.25, 0.3) is 6.08 Å². The van der Waals surface area contributed by atoms with Gasteiger partial charge < -0.3 is 4.74 Å². The van der Waals surface area contributed by atoms with E-state index in [-0.39, 0.29) is 27.8 Å². The lowest BCUT2D eigenvalue weighted by atomic mass is 10.2. The molecule has 1 fully saturated rings. The summed E-state index contributed by atoms with van der Waals surface area (Å²) in [7, 11) is 0. The first kappa shape index (κ1) is 19.7. The molecule has 2 rings (SSSR count). The average molecular weight is 398 g/mol. The van der Waals surface area contributed by atoms with Crippen molar-refractivity contribution in [2.45, 2.75) is 26.2 Å². The number of hydrogen-bond acceptors (Lipinski definition) is 4. The first-order valence-corrected chi connectivity index (χ1v) is 9.35. The van der Waals surface area contributed by atoms with E-state index in [1.54, 1.807) is 18.2 Å². The van der Waals surface area contributed by atoms with Gasteiger partial charge in [-0.05, 0) is 42.0 Å². The van der Waals surface area contributed by atoms with E-state index in [0.29, 0.717) is 22.8 Å². The normalized spacial score (nSPS) is 15.8. The number of amides is 2. The van der Waals surface area contributed by atoms with Gasteiger partial charge in [0.15, 0.2) is 5.75 Å². The Morgan fingerprint density at radius 2 is 1.96 bits per heavy atom. The van der Waals surface area contributed by atoms with Crippen LogP contribution in [0.5, 0.6) is 5.75 Å². The largest absolute Gasteiger partial charge is 0.478 e. The summed E-state index contributed by atoms with van der Waals surface area (Å²) in [5.74, 6) is 2.35. The number of nitrogens with zero attached hydrogens (tertiary/aromatic N) is 1. The van der Waals surface area contributed by atoms with Crippen LogP contribution in [0.3, 0.4) is 0 Å². The van der Waals surface area contributed by atoms with Crippen molar-refractivity contribution < 1.29 is 14.3 Å². The second kappa shape index (κ2) is 9.19. The minimum atomic E-state index is -0.286. The molecule has 132 valence electrons. The second-order valence-electron chi connectivity index (χ2n) is 5.35. The summed E-state index contributed by atoms with van der Waals surface area (Å²) in [5.41, 5.74) is 0.613. The molecular formula is C18H17Cl2NO3S. The molecule has 1 aromatic carbocycles. The monoisotopic (exact) mass is 397 g/mol. The zero-order chi connectivity index (χ0) is 18.4. The minimum absolute atomic E-state index is 0.0510. The van der Waals surface area contributed by atoms with Gasteiger partial charge in [-0.25, -0.2) is 0 Å². The number of benzene rings is 1. The van der Waals surface area contributed by atoms with Gasteiger partial charge in [-0.15, -0.1) is 6.42 Å². The summed E-state index contributed by atoms with van der Waals surface area (Å²) in [6.07, 6.45) is 9.57. The molecule has 0 atom stereocenters. The number of terminal acetylenes is 1. The first-order chi connectivity index (χ1) is 12.0. The Labute approximate surface area is 161 Å². The molecule has 1 aromatic rings. The Kier molecular flexibility index (Phi) is 7.24. The van der Waals surface area contributed by atoms with Gasteiger partial charge in [-0.2, -0.15) is 0 Å². The second-order valence-corrected chi connectivity index (χ2v) is 7.15. The molecule has 0 saturated carbocycles. The van der Waals surface area contributed by atoms with Crippen LogP contribution < -0.4 is 4.74 Å². The summed E-state index contributed by atoms with van der Waals surface area (Å²) in [5, 5.41) is 0.325. The smallest absolute Gasteiger partial charge is 0.293 e. The molecule has 1 aliphatic rings. The van der Waals surface area contributed by atoms with Crippen molar-refractivity contribution in [1.82, 2.24) is 4.90 Å². The topological polar surface area (TPSA) is 46.6 Å². The van der Waals surface area contributed by atoms with E-state index in [4.69, 9.17) is 34.4 Å². The number of thioether (sulfide) groups is 1. The van der Waals surface area contributed by atoms with Crippen LogP contribution in [-0.4, -0.2) is 29.2 Å². The number of unbranched alkanes of at least 4 members (excludes halogenated alkanes) is 2. The number of carbonyl (C=O) groups excluding carboxylic acids is 2. The molecule has 1 aliphatic heterocycles. The summed E-state index contributed by atoms with van der Waals surface area (Å²) in [4.78, 5) is 26.0. The molecule has 1 saturated heterocycles. The predicted octanol–water partition coefficient (Wildman–Crippen LogP) is 5.23. The van der Waals surface area contributed by atoms with Crippen LogP contribution >= 0.6 is 35.0 Å². The van der Waals surface area contributed by atoms with E-state index in [1.807, 2.05) is 0 Å². The molecule has 0 aromatic heterocycles. The van der Waals surface area contributed by atoms with Crippen molar-refractivity contribution in [3.63, 3.8) is 0 Å². The van der Waals surface area contributed by atoms with Crippen molar-refractivity contribution >= 4 is 52.2 Å². The van der Waals surface area contributed by atoms with Gasteiger partial charge in [-0.1, -0.05) is 48.9 Å². The highest BCUT2D eigenvalue weighted by Crippen LogP contribution is 2.37. The van der Waals surface area contributed by atoms with Crippen LogP contribution in [0.2, 0.25) is 10.0 Å². The molecule has 25 heavy (non-hydrogen) atoms. The Morgan fingerprint density at radius 3 is 2.56 bits per heavy atom.